The predicted octanol–water partition coefficient (Wildman–Crippen LogP) is 1.80. The SMILES string of the molecule is Cc1cccc(C)c1OCCC(=O)N1CC(n2cc(C(C)O)nn2)C1. The molecule has 1 aromatic heterocycles. The average Bonchev–Trinajstić information content (AvgIpc) is 2.98. The Labute approximate surface area is 147 Å². The molecule has 7 nitrogen and oxygen atoms in total. The van der Waals surface area contributed by atoms with E-state index in [2.05, 4.69) is 10.3 Å². The van der Waals surface area contributed by atoms with Crippen molar-refractivity contribution >= 4 is 5.91 Å². The van der Waals surface area contributed by atoms with Gasteiger partial charge in [-0.2, -0.15) is 0 Å². The van der Waals surface area contributed by atoms with Gasteiger partial charge >= 0.3 is 0 Å². The minimum atomic E-state index is -0.631. The van der Waals surface area contributed by atoms with Crippen LogP contribution in [0, 0.1) is 13.8 Å². The molecule has 25 heavy (non-hydrogen) atoms. The molecule has 1 unspecified atom stereocenters. The van der Waals surface area contributed by atoms with Gasteiger partial charge in [-0.25, -0.2) is 4.68 Å². The molecule has 0 radical (unpaired) electrons. The number of aromatic nitrogens is 3. The molecule has 7 heteroatoms. The normalized spacial score (nSPS) is 15.8. The summed E-state index contributed by atoms with van der Waals surface area (Å²) in [5.41, 5.74) is 2.71. The van der Waals surface area contributed by atoms with Gasteiger partial charge < -0.3 is 14.7 Å². The van der Waals surface area contributed by atoms with E-state index >= 15 is 0 Å². The monoisotopic (exact) mass is 344 g/mol. The van der Waals surface area contributed by atoms with Crippen molar-refractivity contribution in [1.29, 1.82) is 0 Å². The van der Waals surface area contributed by atoms with E-state index in [0.717, 1.165) is 16.9 Å². The zero-order chi connectivity index (χ0) is 18.0. The van der Waals surface area contributed by atoms with Gasteiger partial charge in [0.15, 0.2) is 0 Å². The molecule has 2 aromatic rings. The standard InChI is InChI=1S/C18H24N4O3/c1-12-5-4-6-13(2)18(12)25-8-7-17(24)21-9-15(10-21)22-11-16(14(3)23)19-20-22/h4-6,11,14-15,23H,7-10H2,1-3H3. The van der Waals surface area contributed by atoms with Crippen molar-refractivity contribution in [3.05, 3.63) is 41.2 Å². The second-order valence-electron chi connectivity index (χ2n) is 6.57. The Morgan fingerprint density at radius 2 is 2.04 bits per heavy atom. The zero-order valence-electron chi connectivity index (χ0n) is 14.8. The van der Waals surface area contributed by atoms with Crippen molar-refractivity contribution in [2.24, 2.45) is 0 Å². The summed E-state index contributed by atoms with van der Waals surface area (Å²) in [7, 11) is 0. The Morgan fingerprint density at radius 3 is 2.64 bits per heavy atom. The quantitative estimate of drug-likeness (QED) is 0.864. The van der Waals surface area contributed by atoms with Gasteiger partial charge in [0.05, 0.1) is 31.4 Å². The number of likely N-dealkylation sites (tertiary alicyclic amines) is 1. The minimum absolute atomic E-state index is 0.0818. The average molecular weight is 344 g/mol. The molecule has 1 aliphatic heterocycles. The maximum Gasteiger partial charge on any atom is 0.226 e. The highest BCUT2D eigenvalue weighted by Crippen LogP contribution is 2.24. The van der Waals surface area contributed by atoms with Gasteiger partial charge in [0.2, 0.25) is 5.91 Å². The molecule has 1 N–H and O–H groups in total. The highest BCUT2D eigenvalue weighted by Gasteiger charge is 2.32. The summed E-state index contributed by atoms with van der Waals surface area (Å²) in [5, 5.41) is 17.4. The number of para-hydroxylation sites is 1. The van der Waals surface area contributed by atoms with Crippen LogP contribution in [0.15, 0.2) is 24.4 Å². The molecule has 134 valence electrons. The summed E-state index contributed by atoms with van der Waals surface area (Å²) in [5.74, 6) is 0.948. The van der Waals surface area contributed by atoms with Crippen LogP contribution >= 0.6 is 0 Å². The lowest BCUT2D eigenvalue weighted by atomic mass is 10.1. The van der Waals surface area contributed by atoms with Gasteiger partial charge in [0.25, 0.3) is 0 Å². The van der Waals surface area contributed by atoms with Crippen LogP contribution in [0.25, 0.3) is 0 Å². The van der Waals surface area contributed by atoms with Crippen molar-refractivity contribution in [2.75, 3.05) is 19.7 Å². The van der Waals surface area contributed by atoms with Crippen LogP contribution in [0.5, 0.6) is 5.75 Å². The summed E-state index contributed by atoms with van der Waals surface area (Å²) in [6.45, 7) is 7.27. The van der Waals surface area contributed by atoms with E-state index in [1.165, 1.54) is 0 Å². The van der Waals surface area contributed by atoms with E-state index in [-0.39, 0.29) is 11.9 Å². The number of nitrogens with zero attached hydrogens (tertiary/aromatic N) is 4. The largest absolute Gasteiger partial charge is 0.493 e. The zero-order valence-corrected chi connectivity index (χ0v) is 14.8. The van der Waals surface area contributed by atoms with Crippen LogP contribution in [0.2, 0.25) is 0 Å². The number of carbonyl (C=O) groups excluding carboxylic acids is 1. The van der Waals surface area contributed by atoms with E-state index in [1.54, 1.807) is 22.7 Å². The van der Waals surface area contributed by atoms with Gasteiger partial charge in [-0.3, -0.25) is 4.79 Å². The molecule has 0 aliphatic carbocycles. The highest BCUT2D eigenvalue weighted by molar-refractivity contribution is 5.77. The number of ether oxygens (including phenoxy) is 1. The van der Waals surface area contributed by atoms with Crippen LogP contribution in [0.1, 0.15) is 42.3 Å². The molecular formula is C18H24N4O3. The van der Waals surface area contributed by atoms with Crippen molar-refractivity contribution in [2.45, 2.75) is 39.3 Å². The summed E-state index contributed by atoms with van der Waals surface area (Å²) in [6, 6.07) is 6.13. The van der Waals surface area contributed by atoms with Gasteiger partial charge in [0, 0.05) is 13.1 Å². The molecule has 0 bridgehead atoms. The maximum absolute atomic E-state index is 12.2. The molecule has 1 aromatic carbocycles. The van der Waals surface area contributed by atoms with Crippen LogP contribution in [0.3, 0.4) is 0 Å². The fraction of sp³-hybridized carbons (Fsp3) is 0.500. The summed E-state index contributed by atoms with van der Waals surface area (Å²) >= 11 is 0. The van der Waals surface area contributed by atoms with E-state index < -0.39 is 6.10 Å². The van der Waals surface area contributed by atoms with Gasteiger partial charge in [0.1, 0.15) is 11.4 Å². The Hall–Kier alpha value is -2.41. The molecule has 0 spiro atoms. The van der Waals surface area contributed by atoms with Crippen LogP contribution < -0.4 is 4.74 Å². The number of amides is 1. The van der Waals surface area contributed by atoms with Crippen LogP contribution in [-0.2, 0) is 4.79 Å². The van der Waals surface area contributed by atoms with Crippen LogP contribution in [-0.4, -0.2) is 50.6 Å². The summed E-state index contributed by atoms with van der Waals surface area (Å²) in [6.07, 6.45) is 1.46. The third kappa shape index (κ3) is 3.82. The minimum Gasteiger partial charge on any atom is -0.493 e. The smallest absolute Gasteiger partial charge is 0.226 e. The lowest BCUT2D eigenvalue weighted by Crippen LogP contribution is -2.51. The molecule has 2 heterocycles. The molecule has 1 aliphatic rings. The number of carbonyl (C=O) groups is 1. The van der Waals surface area contributed by atoms with Crippen molar-refractivity contribution in [1.82, 2.24) is 19.9 Å². The second kappa shape index (κ2) is 7.23. The van der Waals surface area contributed by atoms with Crippen molar-refractivity contribution in [3.8, 4) is 5.75 Å². The van der Waals surface area contributed by atoms with Gasteiger partial charge in [-0.1, -0.05) is 23.4 Å². The van der Waals surface area contributed by atoms with E-state index in [9.17, 15) is 9.90 Å². The number of hydrogen-bond acceptors (Lipinski definition) is 5. The van der Waals surface area contributed by atoms with E-state index in [4.69, 9.17) is 4.74 Å². The third-order valence-electron chi connectivity index (χ3n) is 4.52. The fourth-order valence-electron chi connectivity index (χ4n) is 2.91. The van der Waals surface area contributed by atoms with E-state index in [1.807, 2.05) is 32.0 Å². The van der Waals surface area contributed by atoms with Crippen molar-refractivity contribution < 1.29 is 14.6 Å². The van der Waals surface area contributed by atoms with Crippen LogP contribution in [0.4, 0.5) is 0 Å². The number of aliphatic hydroxyl groups excluding tert-OH is 1. The predicted molar refractivity (Wildman–Crippen MR) is 92.3 cm³/mol. The number of benzene rings is 1. The number of rotatable bonds is 6. The second-order valence-corrected chi connectivity index (χ2v) is 6.57. The molecular weight excluding hydrogens is 320 g/mol. The first-order valence-corrected chi connectivity index (χ1v) is 8.52. The third-order valence-corrected chi connectivity index (χ3v) is 4.52. The summed E-state index contributed by atoms with van der Waals surface area (Å²) < 4.78 is 7.52. The lowest BCUT2D eigenvalue weighted by Gasteiger charge is -2.38. The Morgan fingerprint density at radius 1 is 1.36 bits per heavy atom. The highest BCUT2D eigenvalue weighted by atomic mass is 16.5. The molecule has 1 fully saturated rings. The Bertz CT molecular complexity index is 730. The number of aliphatic hydroxyl groups is 1. The number of aryl methyl sites for hydroxylation is 2. The topological polar surface area (TPSA) is 80.5 Å². The molecule has 1 saturated heterocycles. The van der Waals surface area contributed by atoms with Gasteiger partial charge in [-0.05, 0) is 31.9 Å². The fourth-order valence-corrected chi connectivity index (χ4v) is 2.91. The molecule has 1 atom stereocenters. The summed E-state index contributed by atoms with van der Waals surface area (Å²) in [4.78, 5) is 14.0. The van der Waals surface area contributed by atoms with Gasteiger partial charge in [-0.15, -0.1) is 5.10 Å². The van der Waals surface area contributed by atoms with Crippen molar-refractivity contribution in [3.63, 3.8) is 0 Å². The Balaban J connectivity index is 1.44. The molecule has 3 rings (SSSR count). The molecule has 1 amide bonds. The first-order chi connectivity index (χ1) is 12.0. The van der Waals surface area contributed by atoms with E-state index in [0.29, 0.717) is 31.8 Å². The molecule has 0 saturated carbocycles. The first-order valence-electron chi connectivity index (χ1n) is 8.52. The Kier molecular flexibility index (Phi) is 5.03. The first kappa shape index (κ1) is 17.4. The lowest BCUT2D eigenvalue weighted by molar-refractivity contribution is -0.137. The maximum atomic E-state index is 12.2. The number of hydrogen-bond donors (Lipinski definition) is 1.